The zero-order chi connectivity index (χ0) is 14.6. The van der Waals surface area contributed by atoms with Crippen LogP contribution in [-0.2, 0) is 4.79 Å². The molecule has 0 radical (unpaired) electrons. The van der Waals surface area contributed by atoms with Gasteiger partial charge in [-0.25, -0.2) is 0 Å². The average molecular weight is 303 g/mol. The molecule has 3 heteroatoms. The Morgan fingerprint density at radius 3 is 2.20 bits per heavy atom. The lowest BCUT2D eigenvalue weighted by molar-refractivity contribution is -0.107. The molecular weight excluding hydrogens is 284 g/mol. The average Bonchev–Trinajstić information content (AvgIpc) is 2.47. The number of hydrogen-bond acceptors (Lipinski definition) is 1. The van der Waals surface area contributed by atoms with Gasteiger partial charge in [-0.1, -0.05) is 72.3 Å². The van der Waals surface area contributed by atoms with E-state index in [4.69, 9.17) is 11.6 Å². The second-order valence-electron chi connectivity index (χ2n) is 5.59. The van der Waals surface area contributed by atoms with E-state index in [-0.39, 0.29) is 5.54 Å². The lowest BCUT2D eigenvalue weighted by Gasteiger charge is -2.32. The van der Waals surface area contributed by atoms with Crippen molar-refractivity contribution in [2.45, 2.75) is 25.1 Å². The van der Waals surface area contributed by atoms with Crippen LogP contribution in [0.3, 0.4) is 0 Å². The summed E-state index contributed by atoms with van der Waals surface area (Å²) in [5.41, 5.74) is 1.49. The van der Waals surface area contributed by atoms with Gasteiger partial charge in [-0.05, 0) is 23.2 Å². The van der Waals surface area contributed by atoms with Crippen LogP contribution in [0.1, 0.15) is 17.5 Å². The Kier molecular flexibility index (Phi) is 4.79. The molecule has 0 aliphatic rings. The number of halogens is 1. The third kappa shape index (κ3) is 3.19. The maximum absolute atomic E-state index is 11.1. The fourth-order valence-corrected chi connectivity index (χ4v) is 6.00. The van der Waals surface area contributed by atoms with Gasteiger partial charge in [0.25, 0.3) is 0 Å². The molecule has 20 heavy (non-hydrogen) atoms. The molecule has 2 aromatic rings. The van der Waals surface area contributed by atoms with Gasteiger partial charge in [-0.2, -0.15) is 0 Å². The Labute approximate surface area is 126 Å². The highest BCUT2D eigenvalue weighted by Crippen LogP contribution is 2.30. The first-order valence-corrected chi connectivity index (χ1v) is 10.3. The quantitative estimate of drug-likeness (QED) is 0.598. The smallest absolute Gasteiger partial charge is 0.120 e. The minimum Gasteiger partial charge on any atom is -0.303 e. The van der Waals surface area contributed by atoms with Crippen LogP contribution in [0.15, 0.2) is 54.6 Å². The zero-order valence-electron chi connectivity index (χ0n) is 11.8. The van der Waals surface area contributed by atoms with Crippen molar-refractivity contribution in [3.05, 3.63) is 65.2 Å². The molecule has 0 N–H and O–H groups in total. The lowest BCUT2D eigenvalue weighted by Crippen LogP contribution is -2.47. The minimum atomic E-state index is -1.76. The van der Waals surface area contributed by atoms with E-state index in [0.717, 1.165) is 11.3 Å². The van der Waals surface area contributed by atoms with Gasteiger partial charge in [0.1, 0.15) is 6.29 Å². The summed E-state index contributed by atoms with van der Waals surface area (Å²) in [7, 11) is -1.76. The van der Waals surface area contributed by atoms with Gasteiger partial charge in [0, 0.05) is 11.4 Å². The molecule has 0 aliphatic heterocycles. The van der Waals surface area contributed by atoms with Crippen LogP contribution < -0.4 is 5.19 Å². The van der Waals surface area contributed by atoms with Crippen molar-refractivity contribution in [2.75, 3.05) is 0 Å². The number of rotatable bonds is 5. The van der Waals surface area contributed by atoms with Crippen LogP contribution in [0, 0.1) is 0 Å². The summed E-state index contributed by atoms with van der Waals surface area (Å²) in [5.74, 6) is 0. The Balaban J connectivity index is 2.42. The fraction of sp³-hybridized carbons (Fsp3) is 0.235. The van der Waals surface area contributed by atoms with E-state index in [9.17, 15) is 4.79 Å². The van der Waals surface area contributed by atoms with Gasteiger partial charge in [-0.15, -0.1) is 0 Å². The zero-order valence-corrected chi connectivity index (χ0v) is 13.6. The molecule has 0 aromatic heterocycles. The largest absolute Gasteiger partial charge is 0.303 e. The highest BCUT2D eigenvalue weighted by atomic mass is 35.5. The van der Waals surface area contributed by atoms with Crippen molar-refractivity contribution >= 4 is 31.1 Å². The number of hydrogen-bond donors (Lipinski definition) is 0. The van der Waals surface area contributed by atoms with E-state index < -0.39 is 8.07 Å². The van der Waals surface area contributed by atoms with Crippen LogP contribution in [0.25, 0.3) is 0 Å². The number of carbonyl (C=O) groups excluding carboxylic acids is 1. The van der Waals surface area contributed by atoms with Crippen molar-refractivity contribution in [1.29, 1.82) is 0 Å². The first kappa shape index (κ1) is 15.0. The monoisotopic (exact) mass is 302 g/mol. The van der Waals surface area contributed by atoms with Crippen LogP contribution >= 0.6 is 11.6 Å². The number of benzene rings is 2. The Morgan fingerprint density at radius 2 is 1.65 bits per heavy atom. The number of aldehydes is 1. The summed E-state index contributed by atoms with van der Waals surface area (Å²) in [4.78, 5) is 11.1. The van der Waals surface area contributed by atoms with Gasteiger partial charge < -0.3 is 4.79 Å². The number of carbonyl (C=O) groups is 1. The molecule has 0 fully saturated rings. The predicted molar refractivity (Wildman–Crippen MR) is 88.4 cm³/mol. The van der Waals surface area contributed by atoms with Crippen LogP contribution in [0.5, 0.6) is 0 Å². The Bertz CT molecular complexity index is 563. The molecule has 0 aliphatic carbocycles. The summed E-state index contributed by atoms with van der Waals surface area (Å²) in [5, 5.41) is 2.11. The van der Waals surface area contributed by atoms with Gasteiger partial charge in [0.15, 0.2) is 0 Å². The molecule has 1 atom stereocenters. The first-order valence-electron chi connectivity index (χ1n) is 6.80. The van der Waals surface area contributed by atoms with E-state index in [1.54, 1.807) is 0 Å². The SMILES string of the molecule is C[Si](C)(c1ccccc1)[C@@H](CC=O)c1ccc(Cl)cc1. The van der Waals surface area contributed by atoms with E-state index in [0.29, 0.717) is 6.42 Å². The summed E-state index contributed by atoms with van der Waals surface area (Å²) < 4.78 is 0. The molecule has 0 saturated heterocycles. The highest BCUT2D eigenvalue weighted by molar-refractivity contribution is 6.91. The van der Waals surface area contributed by atoms with Gasteiger partial charge >= 0.3 is 0 Å². The maximum atomic E-state index is 11.1. The third-order valence-corrected chi connectivity index (χ3v) is 8.38. The molecule has 0 heterocycles. The standard InChI is InChI=1S/C17H19ClOSi/c1-20(2,16-6-4-3-5-7-16)17(12-13-19)14-8-10-15(18)11-9-14/h3-11,13,17H,12H2,1-2H3/t17-/m0/s1. The molecule has 0 amide bonds. The van der Waals surface area contributed by atoms with E-state index >= 15 is 0 Å². The maximum Gasteiger partial charge on any atom is 0.120 e. The molecule has 104 valence electrons. The molecule has 2 rings (SSSR count). The summed E-state index contributed by atoms with van der Waals surface area (Å²) in [6.45, 7) is 4.65. The summed E-state index contributed by atoms with van der Waals surface area (Å²) in [6, 6.07) is 18.5. The second kappa shape index (κ2) is 6.38. The topological polar surface area (TPSA) is 17.1 Å². The van der Waals surface area contributed by atoms with Gasteiger partial charge in [0.05, 0.1) is 8.07 Å². The first-order chi connectivity index (χ1) is 9.55. The molecule has 0 unspecified atom stereocenters. The van der Waals surface area contributed by atoms with E-state index in [2.05, 4.69) is 37.4 Å². The van der Waals surface area contributed by atoms with Crippen LogP contribution in [0.4, 0.5) is 0 Å². The third-order valence-electron chi connectivity index (χ3n) is 3.99. The summed E-state index contributed by atoms with van der Waals surface area (Å²) in [6.07, 6.45) is 1.60. The van der Waals surface area contributed by atoms with Crippen molar-refractivity contribution < 1.29 is 4.79 Å². The Hall–Kier alpha value is -1.38. The van der Waals surface area contributed by atoms with Crippen LogP contribution in [0.2, 0.25) is 18.1 Å². The lowest BCUT2D eigenvalue weighted by atomic mass is 10.1. The van der Waals surface area contributed by atoms with Crippen molar-refractivity contribution in [2.24, 2.45) is 0 Å². The van der Waals surface area contributed by atoms with Crippen LogP contribution in [-0.4, -0.2) is 14.4 Å². The minimum absolute atomic E-state index is 0.277. The molecule has 1 nitrogen and oxygen atoms in total. The molecule has 0 saturated carbocycles. The van der Waals surface area contributed by atoms with Gasteiger partial charge in [-0.3, -0.25) is 0 Å². The second-order valence-corrected chi connectivity index (χ2v) is 10.7. The predicted octanol–water partition coefficient (Wildman–Crippen LogP) is 4.17. The molecule has 0 bridgehead atoms. The van der Waals surface area contributed by atoms with E-state index in [1.807, 2.05) is 30.3 Å². The van der Waals surface area contributed by atoms with Gasteiger partial charge in [0.2, 0.25) is 0 Å². The summed E-state index contributed by atoms with van der Waals surface area (Å²) >= 11 is 5.97. The normalized spacial score (nSPS) is 12.9. The molecule has 0 spiro atoms. The highest BCUT2D eigenvalue weighted by Gasteiger charge is 2.34. The van der Waals surface area contributed by atoms with E-state index in [1.165, 1.54) is 10.8 Å². The van der Waals surface area contributed by atoms with Crippen molar-refractivity contribution in [3.63, 3.8) is 0 Å². The van der Waals surface area contributed by atoms with Crippen molar-refractivity contribution in [1.82, 2.24) is 0 Å². The molecular formula is C17H19ClOSi. The fourth-order valence-electron chi connectivity index (χ4n) is 2.71. The van der Waals surface area contributed by atoms with Crippen molar-refractivity contribution in [3.8, 4) is 0 Å². The Morgan fingerprint density at radius 1 is 1.05 bits per heavy atom. The molecule has 2 aromatic carbocycles.